The van der Waals surface area contributed by atoms with Crippen molar-refractivity contribution in [2.45, 2.75) is 33.4 Å². The fourth-order valence-electron chi connectivity index (χ4n) is 2.63. The average Bonchev–Trinajstić information content (AvgIpc) is 2.68. The monoisotopic (exact) mass is 466 g/mol. The molecule has 1 N–H and O–H groups in total. The summed E-state index contributed by atoms with van der Waals surface area (Å²) in [5.74, 6) is 0.0917. The number of amides is 2. The number of halogens is 2. The van der Waals surface area contributed by atoms with Crippen LogP contribution in [0.25, 0.3) is 0 Å². The molecule has 7 heteroatoms. The molecule has 0 aliphatic heterocycles. The Bertz CT molecular complexity index is 827. The highest BCUT2D eigenvalue weighted by Gasteiger charge is 2.26. The minimum atomic E-state index is -0.619. The SMILES string of the molecule is CCNC(=O)[C@@H](C)N(Cc1ccc(Br)cc1)C(=O)COc1ccc(Cl)c(C)c1. The zero-order valence-corrected chi connectivity index (χ0v) is 18.5. The quantitative estimate of drug-likeness (QED) is 0.628. The minimum Gasteiger partial charge on any atom is -0.484 e. The summed E-state index contributed by atoms with van der Waals surface area (Å²) in [7, 11) is 0. The van der Waals surface area contributed by atoms with Crippen LogP contribution in [0.2, 0.25) is 5.02 Å². The number of carbonyl (C=O) groups is 2. The van der Waals surface area contributed by atoms with E-state index < -0.39 is 6.04 Å². The maximum atomic E-state index is 12.9. The van der Waals surface area contributed by atoms with Gasteiger partial charge in [0.05, 0.1) is 0 Å². The fraction of sp³-hybridized carbons (Fsp3) is 0.333. The molecule has 0 saturated heterocycles. The molecule has 2 aromatic carbocycles. The number of rotatable bonds is 8. The van der Waals surface area contributed by atoms with Gasteiger partial charge < -0.3 is 15.0 Å². The van der Waals surface area contributed by atoms with E-state index in [4.69, 9.17) is 16.3 Å². The summed E-state index contributed by atoms with van der Waals surface area (Å²) in [6, 6.07) is 12.2. The van der Waals surface area contributed by atoms with Crippen molar-refractivity contribution in [1.82, 2.24) is 10.2 Å². The van der Waals surface area contributed by atoms with Crippen LogP contribution in [0.1, 0.15) is 25.0 Å². The van der Waals surface area contributed by atoms with Crippen LogP contribution in [-0.2, 0) is 16.1 Å². The van der Waals surface area contributed by atoms with E-state index in [9.17, 15) is 9.59 Å². The summed E-state index contributed by atoms with van der Waals surface area (Å²) in [6.07, 6.45) is 0. The van der Waals surface area contributed by atoms with Crippen molar-refractivity contribution in [2.75, 3.05) is 13.2 Å². The molecule has 0 aliphatic rings. The molecule has 2 aromatic rings. The van der Waals surface area contributed by atoms with Crippen molar-refractivity contribution >= 4 is 39.3 Å². The molecule has 0 unspecified atom stereocenters. The third-order valence-corrected chi connectivity index (χ3v) is 5.23. The molecule has 2 amide bonds. The van der Waals surface area contributed by atoms with Crippen molar-refractivity contribution < 1.29 is 14.3 Å². The Balaban J connectivity index is 2.13. The lowest BCUT2D eigenvalue weighted by Gasteiger charge is -2.28. The largest absolute Gasteiger partial charge is 0.484 e. The Kier molecular flexibility index (Phi) is 8.33. The van der Waals surface area contributed by atoms with E-state index in [1.807, 2.05) is 38.1 Å². The highest BCUT2D eigenvalue weighted by atomic mass is 79.9. The summed E-state index contributed by atoms with van der Waals surface area (Å²) >= 11 is 9.42. The molecule has 0 spiro atoms. The van der Waals surface area contributed by atoms with Gasteiger partial charge in [-0.05, 0) is 62.2 Å². The van der Waals surface area contributed by atoms with E-state index in [-0.39, 0.29) is 18.4 Å². The molecule has 0 saturated carbocycles. The lowest BCUT2D eigenvalue weighted by Crippen LogP contribution is -2.49. The van der Waals surface area contributed by atoms with Crippen LogP contribution in [0.3, 0.4) is 0 Å². The first-order valence-corrected chi connectivity index (χ1v) is 10.2. The van der Waals surface area contributed by atoms with Crippen LogP contribution in [-0.4, -0.2) is 35.9 Å². The highest BCUT2D eigenvalue weighted by Crippen LogP contribution is 2.21. The van der Waals surface area contributed by atoms with E-state index in [0.29, 0.717) is 23.9 Å². The number of carbonyl (C=O) groups excluding carboxylic acids is 2. The molecule has 28 heavy (non-hydrogen) atoms. The third kappa shape index (κ3) is 6.24. The van der Waals surface area contributed by atoms with Gasteiger partial charge in [0, 0.05) is 22.6 Å². The molecule has 150 valence electrons. The van der Waals surface area contributed by atoms with Gasteiger partial charge in [0.2, 0.25) is 5.91 Å². The lowest BCUT2D eigenvalue weighted by atomic mass is 10.1. The van der Waals surface area contributed by atoms with Crippen LogP contribution in [0.4, 0.5) is 0 Å². The van der Waals surface area contributed by atoms with E-state index >= 15 is 0 Å². The zero-order valence-electron chi connectivity index (χ0n) is 16.2. The van der Waals surface area contributed by atoms with Crippen molar-refractivity contribution in [3.63, 3.8) is 0 Å². The van der Waals surface area contributed by atoms with Crippen molar-refractivity contribution in [3.05, 3.63) is 63.1 Å². The summed E-state index contributed by atoms with van der Waals surface area (Å²) in [6.45, 7) is 6.08. The molecule has 5 nitrogen and oxygen atoms in total. The van der Waals surface area contributed by atoms with E-state index in [1.165, 1.54) is 4.90 Å². The summed E-state index contributed by atoms with van der Waals surface area (Å²) in [5.41, 5.74) is 1.80. The number of likely N-dealkylation sites (N-methyl/N-ethyl adjacent to an activating group) is 1. The Morgan fingerprint density at radius 2 is 1.89 bits per heavy atom. The van der Waals surface area contributed by atoms with Gasteiger partial charge in [-0.25, -0.2) is 0 Å². The number of nitrogens with one attached hydrogen (secondary N) is 1. The second kappa shape index (κ2) is 10.5. The normalized spacial score (nSPS) is 11.6. The number of hydrogen-bond acceptors (Lipinski definition) is 3. The van der Waals surface area contributed by atoms with E-state index in [0.717, 1.165) is 15.6 Å². The molecule has 1 atom stereocenters. The zero-order chi connectivity index (χ0) is 20.7. The number of aryl methyl sites for hydroxylation is 1. The third-order valence-electron chi connectivity index (χ3n) is 4.28. The Morgan fingerprint density at radius 1 is 1.21 bits per heavy atom. The molecule has 0 heterocycles. The molecular weight excluding hydrogens is 444 g/mol. The second-order valence-corrected chi connectivity index (χ2v) is 7.74. The van der Waals surface area contributed by atoms with Gasteiger partial charge in [0.15, 0.2) is 6.61 Å². The first kappa shape index (κ1) is 22.2. The van der Waals surface area contributed by atoms with Crippen molar-refractivity contribution in [2.24, 2.45) is 0 Å². The Morgan fingerprint density at radius 3 is 2.50 bits per heavy atom. The van der Waals surface area contributed by atoms with Crippen LogP contribution in [0.5, 0.6) is 5.75 Å². The van der Waals surface area contributed by atoms with Gasteiger partial charge in [0.1, 0.15) is 11.8 Å². The number of benzene rings is 2. The van der Waals surface area contributed by atoms with E-state index in [2.05, 4.69) is 21.2 Å². The van der Waals surface area contributed by atoms with Crippen LogP contribution in [0.15, 0.2) is 46.9 Å². The van der Waals surface area contributed by atoms with Crippen LogP contribution >= 0.6 is 27.5 Å². The lowest BCUT2D eigenvalue weighted by molar-refractivity contribution is -0.142. The average molecular weight is 468 g/mol. The summed E-state index contributed by atoms with van der Waals surface area (Å²) in [5, 5.41) is 3.41. The first-order valence-electron chi connectivity index (χ1n) is 9.02. The molecular formula is C21H24BrClN2O3. The van der Waals surface area contributed by atoms with Gasteiger partial charge >= 0.3 is 0 Å². The molecule has 0 aromatic heterocycles. The highest BCUT2D eigenvalue weighted by molar-refractivity contribution is 9.10. The number of ether oxygens (including phenoxy) is 1. The smallest absolute Gasteiger partial charge is 0.261 e. The topological polar surface area (TPSA) is 58.6 Å². The predicted molar refractivity (Wildman–Crippen MR) is 115 cm³/mol. The minimum absolute atomic E-state index is 0.165. The van der Waals surface area contributed by atoms with Crippen molar-refractivity contribution in [1.29, 1.82) is 0 Å². The van der Waals surface area contributed by atoms with Gasteiger partial charge in [-0.3, -0.25) is 9.59 Å². The van der Waals surface area contributed by atoms with Gasteiger partial charge in [-0.2, -0.15) is 0 Å². The summed E-state index contributed by atoms with van der Waals surface area (Å²) in [4.78, 5) is 26.7. The molecule has 0 radical (unpaired) electrons. The van der Waals surface area contributed by atoms with Gasteiger partial charge in [-0.1, -0.05) is 39.7 Å². The predicted octanol–water partition coefficient (Wildman–Crippen LogP) is 4.34. The number of hydrogen-bond donors (Lipinski definition) is 1. The molecule has 0 aliphatic carbocycles. The maximum Gasteiger partial charge on any atom is 0.261 e. The number of nitrogens with zero attached hydrogens (tertiary/aromatic N) is 1. The molecule has 0 fully saturated rings. The Hall–Kier alpha value is -2.05. The second-order valence-electron chi connectivity index (χ2n) is 6.42. The maximum absolute atomic E-state index is 12.9. The summed E-state index contributed by atoms with van der Waals surface area (Å²) < 4.78 is 6.59. The standard InChI is InChI=1S/C21H24BrClN2O3/c1-4-24-21(27)15(3)25(12-16-5-7-17(22)8-6-16)20(26)13-28-18-9-10-19(23)14(2)11-18/h5-11,15H,4,12-13H2,1-3H3,(H,24,27)/t15-/m1/s1. The molecule has 2 rings (SSSR count). The van der Waals surface area contributed by atoms with Gasteiger partial charge in [0.25, 0.3) is 5.91 Å². The Labute approximate surface area is 179 Å². The van der Waals surface area contributed by atoms with E-state index in [1.54, 1.807) is 25.1 Å². The fourth-order valence-corrected chi connectivity index (χ4v) is 3.01. The van der Waals surface area contributed by atoms with Crippen LogP contribution < -0.4 is 10.1 Å². The van der Waals surface area contributed by atoms with Gasteiger partial charge in [-0.15, -0.1) is 0 Å². The van der Waals surface area contributed by atoms with Crippen molar-refractivity contribution in [3.8, 4) is 5.75 Å². The first-order chi connectivity index (χ1) is 13.3. The molecule has 0 bridgehead atoms. The van der Waals surface area contributed by atoms with Crippen LogP contribution in [0, 0.1) is 6.92 Å².